The lowest BCUT2D eigenvalue weighted by Crippen LogP contribution is -2.40. The van der Waals surface area contributed by atoms with Gasteiger partial charge in [0.05, 0.1) is 14.2 Å². The second-order valence-corrected chi connectivity index (χ2v) is 6.51. The van der Waals surface area contributed by atoms with Crippen LogP contribution in [0.4, 0.5) is 0 Å². The summed E-state index contributed by atoms with van der Waals surface area (Å²) in [6, 6.07) is 4.80. The van der Waals surface area contributed by atoms with E-state index < -0.39 is 10.2 Å². The number of nitrogens with zero attached hydrogens (tertiary/aromatic N) is 1. The average molecular weight is 331 g/mol. The minimum absolute atomic E-state index is 0.0906. The molecule has 0 heterocycles. The molecule has 0 saturated heterocycles. The van der Waals surface area contributed by atoms with E-state index in [4.69, 9.17) is 9.47 Å². The molecule has 1 rings (SSSR count). The largest absolute Gasteiger partial charge is 0.497 e. The molecular formula is C13H21N3O5S. The SMILES string of the molecule is COc1cc(OC)cc(C(=O)NCCNS(=O)(=O)N(C)C)c1. The van der Waals surface area contributed by atoms with Gasteiger partial charge in [0.15, 0.2) is 0 Å². The number of ether oxygens (including phenoxy) is 2. The molecule has 9 heteroatoms. The van der Waals surface area contributed by atoms with Crippen molar-refractivity contribution in [2.75, 3.05) is 41.4 Å². The second kappa shape index (κ2) is 7.97. The number of nitrogens with one attached hydrogen (secondary N) is 2. The number of amides is 1. The van der Waals surface area contributed by atoms with Crippen molar-refractivity contribution in [3.05, 3.63) is 23.8 Å². The molecule has 0 radical (unpaired) electrons. The average Bonchev–Trinajstić information content (AvgIpc) is 2.50. The first-order valence-electron chi connectivity index (χ1n) is 6.48. The third kappa shape index (κ3) is 5.17. The fourth-order valence-electron chi connectivity index (χ4n) is 1.53. The maximum atomic E-state index is 12.0. The Kier molecular flexibility index (Phi) is 6.60. The molecule has 0 aromatic heterocycles. The van der Waals surface area contributed by atoms with Crippen LogP contribution in [-0.4, -0.2) is 60.0 Å². The third-order valence-corrected chi connectivity index (χ3v) is 4.32. The topological polar surface area (TPSA) is 97.0 Å². The van der Waals surface area contributed by atoms with Crippen LogP contribution in [0.15, 0.2) is 18.2 Å². The summed E-state index contributed by atoms with van der Waals surface area (Å²) in [7, 11) is 2.34. The Morgan fingerprint density at radius 1 is 1.09 bits per heavy atom. The standard InChI is InChI=1S/C13H21N3O5S/c1-16(2)22(18,19)15-6-5-14-13(17)10-7-11(20-3)9-12(8-10)21-4/h7-9,15H,5-6H2,1-4H3,(H,14,17). The van der Waals surface area contributed by atoms with Crippen LogP contribution >= 0.6 is 0 Å². The molecule has 0 fully saturated rings. The van der Waals surface area contributed by atoms with Gasteiger partial charge < -0.3 is 14.8 Å². The summed E-state index contributed by atoms with van der Waals surface area (Å²) in [5, 5.41) is 2.62. The Morgan fingerprint density at radius 2 is 1.64 bits per heavy atom. The van der Waals surface area contributed by atoms with Gasteiger partial charge in [-0.05, 0) is 12.1 Å². The molecule has 0 saturated carbocycles. The highest BCUT2D eigenvalue weighted by Gasteiger charge is 2.13. The molecule has 0 bridgehead atoms. The molecular weight excluding hydrogens is 310 g/mol. The van der Waals surface area contributed by atoms with Crippen LogP contribution in [0.25, 0.3) is 0 Å². The number of carbonyl (C=O) groups excluding carboxylic acids is 1. The zero-order valence-electron chi connectivity index (χ0n) is 13.0. The first-order valence-corrected chi connectivity index (χ1v) is 7.92. The van der Waals surface area contributed by atoms with Crippen molar-refractivity contribution in [3.8, 4) is 11.5 Å². The van der Waals surface area contributed by atoms with Gasteiger partial charge in [0.1, 0.15) is 11.5 Å². The predicted octanol–water partition coefficient (Wildman–Crippen LogP) is -0.170. The molecule has 1 aromatic rings. The van der Waals surface area contributed by atoms with Crippen molar-refractivity contribution in [1.82, 2.24) is 14.3 Å². The van der Waals surface area contributed by atoms with Gasteiger partial charge in [-0.2, -0.15) is 12.7 Å². The summed E-state index contributed by atoms with van der Waals surface area (Å²) in [5.74, 6) is 0.650. The van der Waals surface area contributed by atoms with Crippen molar-refractivity contribution in [2.24, 2.45) is 0 Å². The van der Waals surface area contributed by atoms with E-state index in [2.05, 4.69) is 10.0 Å². The minimum atomic E-state index is -3.49. The maximum absolute atomic E-state index is 12.0. The molecule has 2 N–H and O–H groups in total. The zero-order chi connectivity index (χ0) is 16.8. The molecule has 1 amide bonds. The molecule has 0 aliphatic rings. The normalized spacial score (nSPS) is 11.3. The number of rotatable bonds is 8. The summed E-state index contributed by atoms with van der Waals surface area (Å²) in [5.41, 5.74) is 0.367. The van der Waals surface area contributed by atoms with Crippen LogP contribution in [0.5, 0.6) is 11.5 Å². The van der Waals surface area contributed by atoms with Gasteiger partial charge in [0.2, 0.25) is 0 Å². The Hall–Kier alpha value is -1.84. The second-order valence-electron chi connectivity index (χ2n) is 4.54. The Balaban J connectivity index is 2.59. The lowest BCUT2D eigenvalue weighted by molar-refractivity contribution is 0.0953. The summed E-state index contributed by atoms with van der Waals surface area (Å²) in [4.78, 5) is 12.0. The van der Waals surface area contributed by atoms with Gasteiger partial charge in [-0.1, -0.05) is 0 Å². The fourth-order valence-corrected chi connectivity index (χ4v) is 2.14. The molecule has 0 atom stereocenters. The number of hydrogen-bond acceptors (Lipinski definition) is 5. The Labute approximate surface area is 130 Å². The van der Waals surface area contributed by atoms with Gasteiger partial charge in [0, 0.05) is 38.8 Å². The number of methoxy groups -OCH3 is 2. The van der Waals surface area contributed by atoms with Crippen LogP contribution in [0, 0.1) is 0 Å². The molecule has 8 nitrogen and oxygen atoms in total. The van der Waals surface area contributed by atoms with E-state index >= 15 is 0 Å². The zero-order valence-corrected chi connectivity index (χ0v) is 13.9. The Bertz CT molecular complexity index is 594. The van der Waals surface area contributed by atoms with Gasteiger partial charge in [-0.3, -0.25) is 4.79 Å². The monoisotopic (exact) mass is 331 g/mol. The number of hydrogen-bond donors (Lipinski definition) is 2. The van der Waals surface area contributed by atoms with Gasteiger partial charge in [0.25, 0.3) is 16.1 Å². The summed E-state index contributed by atoms with van der Waals surface area (Å²) >= 11 is 0. The van der Waals surface area contributed by atoms with E-state index in [1.165, 1.54) is 28.3 Å². The molecule has 0 aliphatic heterocycles. The van der Waals surface area contributed by atoms with Crippen LogP contribution in [0.2, 0.25) is 0 Å². The third-order valence-electron chi connectivity index (χ3n) is 2.79. The fraction of sp³-hybridized carbons (Fsp3) is 0.462. The van der Waals surface area contributed by atoms with Gasteiger partial charge >= 0.3 is 0 Å². The highest BCUT2D eigenvalue weighted by atomic mass is 32.2. The lowest BCUT2D eigenvalue weighted by Gasteiger charge is -2.13. The molecule has 0 aliphatic carbocycles. The smallest absolute Gasteiger partial charge is 0.278 e. The van der Waals surface area contributed by atoms with E-state index in [0.29, 0.717) is 17.1 Å². The van der Waals surface area contributed by atoms with Crippen molar-refractivity contribution in [3.63, 3.8) is 0 Å². The van der Waals surface area contributed by atoms with E-state index in [0.717, 1.165) is 4.31 Å². The van der Waals surface area contributed by atoms with E-state index in [-0.39, 0.29) is 19.0 Å². The highest BCUT2D eigenvalue weighted by Crippen LogP contribution is 2.22. The Morgan fingerprint density at radius 3 is 2.09 bits per heavy atom. The molecule has 1 aromatic carbocycles. The highest BCUT2D eigenvalue weighted by molar-refractivity contribution is 7.87. The van der Waals surface area contributed by atoms with Crippen molar-refractivity contribution in [2.45, 2.75) is 0 Å². The molecule has 0 spiro atoms. The predicted molar refractivity (Wildman–Crippen MR) is 82.5 cm³/mol. The molecule has 22 heavy (non-hydrogen) atoms. The van der Waals surface area contributed by atoms with E-state index in [1.807, 2.05) is 0 Å². The molecule has 124 valence electrons. The minimum Gasteiger partial charge on any atom is -0.497 e. The lowest BCUT2D eigenvalue weighted by atomic mass is 10.2. The maximum Gasteiger partial charge on any atom is 0.278 e. The van der Waals surface area contributed by atoms with Crippen LogP contribution in [0.3, 0.4) is 0 Å². The first kappa shape index (κ1) is 18.2. The van der Waals surface area contributed by atoms with Gasteiger partial charge in [-0.25, -0.2) is 4.72 Å². The number of benzene rings is 1. The van der Waals surface area contributed by atoms with Crippen molar-refractivity contribution in [1.29, 1.82) is 0 Å². The quantitative estimate of drug-likeness (QED) is 0.645. The van der Waals surface area contributed by atoms with Gasteiger partial charge in [-0.15, -0.1) is 0 Å². The summed E-state index contributed by atoms with van der Waals surface area (Å²) < 4.78 is 36.5. The van der Waals surface area contributed by atoms with Crippen LogP contribution in [0.1, 0.15) is 10.4 Å². The van der Waals surface area contributed by atoms with Crippen LogP contribution < -0.4 is 19.5 Å². The van der Waals surface area contributed by atoms with Crippen LogP contribution in [-0.2, 0) is 10.2 Å². The summed E-state index contributed by atoms with van der Waals surface area (Å²) in [6.45, 7) is 0.249. The van der Waals surface area contributed by atoms with Crippen molar-refractivity contribution < 1.29 is 22.7 Å². The first-order chi connectivity index (χ1) is 10.3. The van der Waals surface area contributed by atoms with E-state index in [1.54, 1.807) is 18.2 Å². The summed E-state index contributed by atoms with van der Waals surface area (Å²) in [6.07, 6.45) is 0. The van der Waals surface area contributed by atoms with Crippen molar-refractivity contribution >= 4 is 16.1 Å². The molecule has 0 unspecified atom stereocenters. The van der Waals surface area contributed by atoms with E-state index in [9.17, 15) is 13.2 Å². The number of carbonyl (C=O) groups is 1.